The third-order valence-electron chi connectivity index (χ3n) is 1.85. The number of carboxylic acid groups (broad SMARTS) is 1. The normalized spacial score (nSPS) is 9.69. The molecule has 0 aliphatic carbocycles. The molecule has 0 atom stereocenters. The minimum absolute atomic E-state index is 0.126. The van der Waals surface area contributed by atoms with Crippen LogP contribution in [0.25, 0.3) is 0 Å². The molecule has 0 aromatic heterocycles. The van der Waals surface area contributed by atoms with Crippen molar-refractivity contribution in [2.75, 3.05) is 0 Å². The molecule has 0 radical (unpaired) electrons. The maximum absolute atomic E-state index is 10.1. The van der Waals surface area contributed by atoms with Gasteiger partial charge in [0.15, 0.2) is 0 Å². The van der Waals surface area contributed by atoms with Crippen molar-refractivity contribution in [3.05, 3.63) is 34.9 Å². The smallest absolute Gasteiger partial charge is 0.450 e. The lowest BCUT2D eigenvalue weighted by atomic mass is 10.1. The van der Waals surface area contributed by atoms with Crippen molar-refractivity contribution >= 4 is 6.16 Å². The standard InChI is InChI=1S/C10H12O3/c1-7-3-4-9(8(2)5-7)6-13-10(11)12/h3-5H,6H2,1-2H3,(H,11,12). The molecule has 70 valence electrons. The summed E-state index contributed by atoms with van der Waals surface area (Å²) in [6.07, 6.45) is -1.24. The molecule has 13 heavy (non-hydrogen) atoms. The number of benzene rings is 1. The highest BCUT2D eigenvalue weighted by Crippen LogP contribution is 2.11. The fourth-order valence-corrected chi connectivity index (χ4v) is 1.15. The third kappa shape index (κ3) is 2.78. The summed E-state index contributed by atoms with van der Waals surface area (Å²) in [5.74, 6) is 0. The highest BCUT2D eigenvalue weighted by atomic mass is 16.7. The number of hydrogen-bond acceptors (Lipinski definition) is 2. The van der Waals surface area contributed by atoms with Crippen LogP contribution in [0.5, 0.6) is 0 Å². The fourth-order valence-electron chi connectivity index (χ4n) is 1.15. The average molecular weight is 180 g/mol. The lowest BCUT2D eigenvalue weighted by Gasteiger charge is -2.05. The van der Waals surface area contributed by atoms with Crippen molar-refractivity contribution in [1.82, 2.24) is 0 Å². The molecular weight excluding hydrogens is 168 g/mol. The Morgan fingerprint density at radius 3 is 2.69 bits per heavy atom. The summed E-state index contributed by atoms with van der Waals surface area (Å²) in [4.78, 5) is 10.1. The summed E-state index contributed by atoms with van der Waals surface area (Å²) in [6, 6.07) is 5.82. The third-order valence-corrected chi connectivity index (χ3v) is 1.85. The molecule has 0 heterocycles. The van der Waals surface area contributed by atoms with E-state index in [1.54, 1.807) is 0 Å². The largest absolute Gasteiger partial charge is 0.506 e. The molecule has 0 spiro atoms. The molecule has 1 rings (SSSR count). The van der Waals surface area contributed by atoms with Gasteiger partial charge in [-0.25, -0.2) is 4.79 Å². The maximum Gasteiger partial charge on any atom is 0.506 e. The van der Waals surface area contributed by atoms with E-state index in [1.165, 1.54) is 0 Å². The van der Waals surface area contributed by atoms with E-state index in [2.05, 4.69) is 4.74 Å². The number of ether oxygens (including phenoxy) is 1. The first-order valence-electron chi connectivity index (χ1n) is 4.01. The van der Waals surface area contributed by atoms with Crippen molar-refractivity contribution < 1.29 is 14.6 Å². The molecule has 0 aliphatic rings. The monoisotopic (exact) mass is 180 g/mol. The van der Waals surface area contributed by atoms with Gasteiger partial charge >= 0.3 is 6.16 Å². The molecule has 0 aliphatic heterocycles. The Kier molecular flexibility index (Phi) is 2.90. The van der Waals surface area contributed by atoms with E-state index in [-0.39, 0.29) is 6.61 Å². The predicted octanol–water partition coefficient (Wildman–Crippen LogP) is 2.50. The average Bonchev–Trinajstić information content (AvgIpc) is 2.02. The fraction of sp³-hybridized carbons (Fsp3) is 0.300. The first-order valence-corrected chi connectivity index (χ1v) is 4.01. The zero-order valence-corrected chi connectivity index (χ0v) is 7.70. The van der Waals surface area contributed by atoms with E-state index in [9.17, 15) is 4.79 Å². The second kappa shape index (κ2) is 3.94. The zero-order valence-electron chi connectivity index (χ0n) is 7.70. The molecule has 0 amide bonds. The van der Waals surface area contributed by atoms with Crippen LogP contribution in [0.15, 0.2) is 18.2 Å². The van der Waals surface area contributed by atoms with Crippen molar-refractivity contribution in [3.8, 4) is 0 Å². The van der Waals surface area contributed by atoms with Crippen LogP contribution in [0.2, 0.25) is 0 Å². The van der Waals surface area contributed by atoms with Gasteiger partial charge in [-0.15, -0.1) is 0 Å². The van der Waals surface area contributed by atoms with Crippen LogP contribution in [0, 0.1) is 13.8 Å². The van der Waals surface area contributed by atoms with E-state index in [4.69, 9.17) is 5.11 Å². The number of hydrogen-bond donors (Lipinski definition) is 1. The summed E-state index contributed by atoms with van der Waals surface area (Å²) in [5, 5.41) is 8.30. The van der Waals surface area contributed by atoms with E-state index < -0.39 is 6.16 Å². The number of rotatable bonds is 2. The van der Waals surface area contributed by atoms with Gasteiger partial charge < -0.3 is 9.84 Å². The Hall–Kier alpha value is -1.51. The van der Waals surface area contributed by atoms with Crippen LogP contribution in [0.3, 0.4) is 0 Å². The van der Waals surface area contributed by atoms with Gasteiger partial charge in [0.2, 0.25) is 0 Å². The van der Waals surface area contributed by atoms with Crippen LogP contribution < -0.4 is 0 Å². The summed E-state index contributed by atoms with van der Waals surface area (Å²) in [6.45, 7) is 4.06. The summed E-state index contributed by atoms with van der Waals surface area (Å²) in [7, 11) is 0. The van der Waals surface area contributed by atoms with Crippen LogP contribution in [0.1, 0.15) is 16.7 Å². The second-order valence-electron chi connectivity index (χ2n) is 2.98. The summed E-state index contributed by atoms with van der Waals surface area (Å²) >= 11 is 0. The van der Waals surface area contributed by atoms with Crippen molar-refractivity contribution in [2.45, 2.75) is 20.5 Å². The second-order valence-corrected chi connectivity index (χ2v) is 2.98. The van der Waals surface area contributed by atoms with Gasteiger partial charge in [0.25, 0.3) is 0 Å². The van der Waals surface area contributed by atoms with Gasteiger partial charge in [-0.3, -0.25) is 0 Å². The Bertz CT molecular complexity index is 318. The minimum Gasteiger partial charge on any atom is -0.450 e. The molecule has 0 saturated heterocycles. The first kappa shape index (κ1) is 9.58. The van der Waals surface area contributed by atoms with E-state index in [0.29, 0.717) is 0 Å². The van der Waals surface area contributed by atoms with Crippen molar-refractivity contribution in [3.63, 3.8) is 0 Å². The van der Waals surface area contributed by atoms with Crippen molar-refractivity contribution in [1.29, 1.82) is 0 Å². The maximum atomic E-state index is 10.1. The topological polar surface area (TPSA) is 46.5 Å². The lowest BCUT2D eigenvalue weighted by Crippen LogP contribution is -2.01. The molecular formula is C10H12O3. The quantitative estimate of drug-likeness (QED) is 0.711. The van der Waals surface area contributed by atoms with E-state index >= 15 is 0 Å². The Morgan fingerprint density at radius 2 is 2.15 bits per heavy atom. The molecule has 0 bridgehead atoms. The van der Waals surface area contributed by atoms with Gasteiger partial charge in [-0.1, -0.05) is 23.8 Å². The molecule has 1 aromatic rings. The first-order chi connectivity index (χ1) is 6.09. The molecule has 3 nitrogen and oxygen atoms in total. The van der Waals surface area contributed by atoms with E-state index in [0.717, 1.165) is 16.7 Å². The molecule has 0 unspecified atom stereocenters. The highest BCUT2D eigenvalue weighted by molar-refractivity contribution is 5.56. The highest BCUT2D eigenvalue weighted by Gasteiger charge is 2.01. The Balaban J connectivity index is 2.72. The minimum atomic E-state index is -1.24. The van der Waals surface area contributed by atoms with Gasteiger partial charge in [0, 0.05) is 0 Å². The molecule has 1 N–H and O–H groups in total. The summed E-state index contributed by atoms with van der Waals surface area (Å²) in [5.41, 5.74) is 3.13. The molecule has 0 fully saturated rings. The van der Waals surface area contributed by atoms with Crippen molar-refractivity contribution in [2.24, 2.45) is 0 Å². The van der Waals surface area contributed by atoms with Crippen LogP contribution >= 0.6 is 0 Å². The number of aryl methyl sites for hydroxylation is 2. The summed E-state index contributed by atoms with van der Waals surface area (Å²) < 4.78 is 4.47. The SMILES string of the molecule is Cc1ccc(COC(=O)O)c(C)c1. The molecule has 0 saturated carbocycles. The van der Waals surface area contributed by atoms with Gasteiger partial charge in [-0.2, -0.15) is 0 Å². The van der Waals surface area contributed by atoms with Crippen LogP contribution in [-0.4, -0.2) is 11.3 Å². The molecule has 3 heteroatoms. The lowest BCUT2D eigenvalue weighted by molar-refractivity contribution is 0.0852. The predicted molar refractivity (Wildman–Crippen MR) is 48.7 cm³/mol. The molecule has 1 aromatic carbocycles. The Morgan fingerprint density at radius 1 is 1.46 bits per heavy atom. The zero-order chi connectivity index (χ0) is 9.84. The van der Waals surface area contributed by atoms with Crippen LogP contribution in [0.4, 0.5) is 4.79 Å². The van der Waals surface area contributed by atoms with E-state index in [1.807, 2.05) is 32.0 Å². The van der Waals surface area contributed by atoms with Gasteiger partial charge in [0.1, 0.15) is 6.61 Å². The van der Waals surface area contributed by atoms with Crippen LogP contribution in [-0.2, 0) is 11.3 Å². The number of carbonyl (C=O) groups is 1. The van der Waals surface area contributed by atoms with Gasteiger partial charge in [-0.05, 0) is 25.0 Å². The Labute approximate surface area is 77.0 Å². The van der Waals surface area contributed by atoms with Gasteiger partial charge in [0.05, 0.1) is 0 Å².